The second-order valence-electron chi connectivity index (χ2n) is 5.74. The molecule has 0 aromatic rings. The van der Waals surface area contributed by atoms with E-state index in [1.807, 2.05) is 11.8 Å². The highest BCUT2D eigenvalue weighted by Crippen LogP contribution is 2.33. The molecule has 1 aliphatic carbocycles. The molecule has 2 fully saturated rings. The zero-order valence-electron chi connectivity index (χ0n) is 11.4. The maximum Gasteiger partial charge on any atom is 0.222 e. The lowest BCUT2D eigenvalue weighted by atomic mass is 9.79. The van der Waals surface area contributed by atoms with Crippen molar-refractivity contribution >= 4 is 17.5 Å². The van der Waals surface area contributed by atoms with Crippen LogP contribution in [0.25, 0.3) is 0 Å². The Morgan fingerprint density at radius 1 is 1.44 bits per heavy atom. The smallest absolute Gasteiger partial charge is 0.222 e. The summed E-state index contributed by atoms with van der Waals surface area (Å²) in [5.74, 6) is 1.27. The van der Waals surface area contributed by atoms with Crippen LogP contribution in [0.5, 0.6) is 0 Å². The Kier molecular flexibility index (Phi) is 4.91. The van der Waals surface area contributed by atoms with E-state index >= 15 is 0 Å². The first-order valence-electron chi connectivity index (χ1n) is 7.13. The zero-order chi connectivity index (χ0) is 13.1. The van der Waals surface area contributed by atoms with E-state index in [0.29, 0.717) is 30.3 Å². The van der Waals surface area contributed by atoms with Crippen molar-refractivity contribution < 1.29 is 9.53 Å². The number of halogens is 1. The summed E-state index contributed by atoms with van der Waals surface area (Å²) in [7, 11) is 0. The molecule has 0 N–H and O–H groups in total. The summed E-state index contributed by atoms with van der Waals surface area (Å²) in [4.78, 5) is 14.2. The molecule has 1 saturated heterocycles. The van der Waals surface area contributed by atoms with E-state index in [9.17, 15) is 4.79 Å². The molecule has 2 aliphatic rings. The summed E-state index contributed by atoms with van der Waals surface area (Å²) in [6.07, 6.45) is 4.15. The van der Waals surface area contributed by atoms with Crippen LogP contribution >= 0.6 is 11.6 Å². The first-order valence-corrected chi connectivity index (χ1v) is 7.57. The molecule has 0 spiro atoms. The Labute approximate surface area is 115 Å². The lowest BCUT2D eigenvalue weighted by Gasteiger charge is -2.38. The van der Waals surface area contributed by atoms with Crippen LogP contribution in [-0.2, 0) is 9.53 Å². The minimum absolute atomic E-state index is 0.236. The van der Waals surface area contributed by atoms with Crippen molar-refractivity contribution in [3.05, 3.63) is 0 Å². The summed E-state index contributed by atoms with van der Waals surface area (Å²) in [5.41, 5.74) is 0. The lowest BCUT2D eigenvalue weighted by molar-refractivity contribution is -0.136. The average Bonchev–Trinajstić information content (AvgIpc) is 2.30. The molecule has 0 radical (unpaired) electrons. The van der Waals surface area contributed by atoms with Crippen LogP contribution < -0.4 is 0 Å². The third-order valence-electron chi connectivity index (χ3n) is 4.21. The maximum absolute atomic E-state index is 12.2. The molecule has 1 saturated carbocycles. The summed E-state index contributed by atoms with van der Waals surface area (Å²) in [6, 6.07) is 0. The molecule has 0 aromatic heterocycles. The Balaban J connectivity index is 1.70. The van der Waals surface area contributed by atoms with Crippen molar-refractivity contribution in [2.45, 2.75) is 51.0 Å². The summed E-state index contributed by atoms with van der Waals surface area (Å²) < 4.78 is 5.52. The fraction of sp³-hybridized carbons (Fsp3) is 0.929. The number of carbonyl (C=O) groups excluding carboxylic acids is 1. The predicted molar refractivity (Wildman–Crippen MR) is 72.8 cm³/mol. The van der Waals surface area contributed by atoms with Crippen LogP contribution in [0.15, 0.2) is 0 Å². The molecule has 2 unspecified atom stereocenters. The second kappa shape index (κ2) is 6.25. The van der Waals surface area contributed by atoms with Gasteiger partial charge in [0.15, 0.2) is 0 Å². The number of ether oxygens (including phenoxy) is 1. The molecular formula is C14H24ClNO2. The highest BCUT2D eigenvalue weighted by Gasteiger charge is 2.34. The Morgan fingerprint density at radius 2 is 2.17 bits per heavy atom. The van der Waals surface area contributed by atoms with E-state index in [0.717, 1.165) is 39.0 Å². The van der Waals surface area contributed by atoms with Gasteiger partial charge >= 0.3 is 0 Å². The van der Waals surface area contributed by atoms with E-state index in [2.05, 4.69) is 6.92 Å². The summed E-state index contributed by atoms with van der Waals surface area (Å²) in [6.45, 7) is 6.60. The number of alkyl halides is 1. The number of likely N-dealkylation sites (tertiary alicyclic amines) is 1. The molecule has 1 heterocycles. The van der Waals surface area contributed by atoms with Crippen LogP contribution in [0.3, 0.4) is 0 Å². The summed E-state index contributed by atoms with van der Waals surface area (Å²) >= 11 is 6.18. The molecule has 4 heteroatoms. The molecule has 2 rings (SSSR count). The van der Waals surface area contributed by atoms with Gasteiger partial charge in [0.25, 0.3) is 0 Å². The van der Waals surface area contributed by atoms with Crippen LogP contribution in [0.2, 0.25) is 0 Å². The van der Waals surface area contributed by atoms with Gasteiger partial charge in [-0.3, -0.25) is 4.79 Å². The van der Waals surface area contributed by atoms with Crippen molar-refractivity contribution in [3.63, 3.8) is 0 Å². The van der Waals surface area contributed by atoms with Crippen LogP contribution in [-0.4, -0.2) is 42.0 Å². The Bertz CT molecular complexity index is 292. The van der Waals surface area contributed by atoms with Crippen molar-refractivity contribution in [3.8, 4) is 0 Å². The summed E-state index contributed by atoms with van der Waals surface area (Å²) in [5, 5.41) is 0.236. The van der Waals surface area contributed by atoms with E-state index in [-0.39, 0.29) is 5.38 Å². The second-order valence-corrected chi connectivity index (χ2v) is 6.30. The molecule has 0 aromatic carbocycles. The average molecular weight is 274 g/mol. The van der Waals surface area contributed by atoms with Gasteiger partial charge in [0.2, 0.25) is 5.91 Å². The highest BCUT2D eigenvalue weighted by molar-refractivity contribution is 6.20. The minimum Gasteiger partial charge on any atom is -0.378 e. The molecule has 3 nitrogen and oxygen atoms in total. The van der Waals surface area contributed by atoms with Gasteiger partial charge in [0, 0.05) is 31.5 Å². The monoisotopic (exact) mass is 273 g/mol. The molecule has 0 bridgehead atoms. The van der Waals surface area contributed by atoms with E-state index < -0.39 is 0 Å². The molecule has 18 heavy (non-hydrogen) atoms. The number of amides is 1. The minimum atomic E-state index is 0.236. The van der Waals surface area contributed by atoms with Gasteiger partial charge in [-0.2, -0.15) is 0 Å². The quantitative estimate of drug-likeness (QED) is 0.737. The number of carbonyl (C=O) groups is 1. The number of hydrogen-bond acceptors (Lipinski definition) is 2. The lowest BCUT2D eigenvalue weighted by Crippen LogP contribution is -2.45. The highest BCUT2D eigenvalue weighted by atomic mass is 35.5. The van der Waals surface area contributed by atoms with Crippen LogP contribution in [0.1, 0.15) is 39.5 Å². The number of rotatable bonds is 4. The standard InChI is InChI=1S/C14H24ClNO2/c1-3-18-12-6-11(7-12)8-14(17)16-5-4-13(15)10(2)9-16/h10-13H,3-9H2,1-2H3. The van der Waals surface area contributed by atoms with E-state index in [1.165, 1.54) is 0 Å². The first kappa shape index (κ1) is 14.1. The van der Waals surface area contributed by atoms with Gasteiger partial charge in [0.05, 0.1) is 6.10 Å². The topological polar surface area (TPSA) is 29.5 Å². The fourth-order valence-electron chi connectivity index (χ4n) is 2.93. The number of piperidine rings is 1. The van der Waals surface area contributed by atoms with Gasteiger partial charge in [-0.05, 0) is 38.0 Å². The fourth-order valence-corrected chi connectivity index (χ4v) is 3.11. The maximum atomic E-state index is 12.2. The zero-order valence-corrected chi connectivity index (χ0v) is 12.2. The van der Waals surface area contributed by atoms with Crippen molar-refractivity contribution in [1.82, 2.24) is 4.90 Å². The third-order valence-corrected chi connectivity index (χ3v) is 4.86. The van der Waals surface area contributed by atoms with Crippen molar-refractivity contribution in [2.75, 3.05) is 19.7 Å². The van der Waals surface area contributed by atoms with Gasteiger partial charge in [0.1, 0.15) is 0 Å². The van der Waals surface area contributed by atoms with Crippen LogP contribution in [0.4, 0.5) is 0 Å². The van der Waals surface area contributed by atoms with E-state index in [4.69, 9.17) is 16.3 Å². The molecule has 1 aliphatic heterocycles. The predicted octanol–water partition coefficient (Wildman–Crippen LogP) is 2.67. The Hall–Kier alpha value is -0.280. The molecule has 1 amide bonds. The van der Waals surface area contributed by atoms with Gasteiger partial charge in [-0.1, -0.05) is 6.92 Å². The largest absolute Gasteiger partial charge is 0.378 e. The molecule has 104 valence electrons. The van der Waals surface area contributed by atoms with Crippen LogP contribution in [0, 0.1) is 11.8 Å². The molecular weight excluding hydrogens is 250 g/mol. The van der Waals surface area contributed by atoms with Gasteiger partial charge in [-0.15, -0.1) is 11.6 Å². The first-order chi connectivity index (χ1) is 8.60. The number of nitrogens with zero attached hydrogens (tertiary/aromatic N) is 1. The SMILES string of the molecule is CCOC1CC(CC(=O)N2CCC(Cl)C(C)C2)C1. The Morgan fingerprint density at radius 3 is 2.78 bits per heavy atom. The van der Waals surface area contributed by atoms with Gasteiger partial charge in [-0.25, -0.2) is 0 Å². The van der Waals surface area contributed by atoms with E-state index in [1.54, 1.807) is 0 Å². The van der Waals surface area contributed by atoms with Crippen molar-refractivity contribution in [2.24, 2.45) is 11.8 Å². The van der Waals surface area contributed by atoms with Gasteiger partial charge < -0.3 is 9.64 Å². The van der Waals surface area contributed by atoms with Crippen molar-refractivity contribution in [1.29, 1.82) is 0 Å². The number of hydrogen-bond donors (Lipinski definition) is 0. The molecule has 2 atom stereocenters. The normalized spacial score (nSPS) is 36.3. The third kappa shape index (κ3) is 3.39.